The van der Waals surface area contributed by atoms with Crippen molar-refractivity contribution >= 4 is 78.8 Å². The highest BCUT2D eigenvalue weighted by molar-refractivity contribution is 9.11. The average Bonchev–Trinajstić information content (AvgIpc) is 2.95. The van der Waals surface area contributed by atoms with Crippen LogP contribution < -0.4 is 15.5 Å². The molecule has 2 amide bonds. The Hall–Kier alpha value is -4.39. The van der Waals surface area contributed by atoms with Gasteiger partial charge >= 0.3 is 5.97 Å². The zero-order valence-corrected chi connectivity index (χ0v) is 24.6. The van der Waals surface area contributed by atoms with Crippen molar-refractivity contribution in [2.24, 2.45) is 5.10 Å². The number of rotatable bonds is 8. The molecule has 4 aromatic carbocycles. The van der Waals surface area contributed by atoms with E-state index in [4.69, 9.17) is 16.3 Å². The third-order valence-corrected chi connectivity index (χ3v) is 6.70. The van der Waals surface area contributed by atoms with Crippen LogP contribution in [0.5, 0.6) is 5.75 Å². The molecule has 4 rings (SSSR count). The number of hydrogen-bond donors (Lipinski definition) is 2. The summed E-state index contributed by atoms with van der Waals surface area (Å²) in [5.41, 5.74) is 3.72. The van der Waals surface area contributed by atoms with Crippen LogP contribution in [0.2, 0.25) is 5.02 Å². The molecule has 2 N–H and O–H groups in total. The lowest BCUT2D eigenvalue weighted by atomic mass is 10.1. The molecule has 0 unspecified atom stereocenters. The quantitative estimate of drug-likeness (QED) is 0.0667. The van der Waals surface area contributed by atoms with Gasteiger partial charge in [-0.15, -0.1) is 0 Å². The van der Waals surface area contributed by atoms with Gasteiger partial charge < -0.3 is 10.1 Å². The van der Waals surface area contributed by atoms with Gasteiger partial charge in [-0.2, -0.15) is 5.10 Å². The molecule has 0 spiro atoms. The smallest absolute Gasteiger partial charge is 0.343 e. The summed E-state index contributed by atoms with van der Waals surface area (Å²) in [5.74, 6) is -1.56. The van der Waals surface area contributed by atoms with Crippen molar-refractivity contribution in [3.8, 4) is 5.75 Å². The SMILES string of the molecule is O=C(NN=Cc1cc(Br)cc(Br)c1OC(=O)c1ccc([N+](=O)[O-])cc1)c1cccc(NC(=O)c2ccc(Cl)cc2)c1. The number of halogens is 3. The second kappa shape index (κ2) is 13.3. The van der Waals surface area contributed by atoms with E-state index in [0.29, 0.717) is 30.8 Å². The summed E-state index contributed by atoms with van der Waals surface area (Å²) < 4.78 is 6.58. The number of carbonyl (C=O) groups excluding carboxylic acids is 3. The van der Waals surface area contributed by atoms with Crippen LogP contribution in [-0.4, -0.2) is 28.9 Å². The summed E-state index contributed by atoms with van der Waals surface area (Å²) in [7, 11) is 0. The zero-order valence-electron chi connectivity index (χ0n) is 20.6. The standard InChI is InChI=1S/C28H17Br2ClN4O6/c29-20-12-19(25(24(30)14-20)41-28(38)17-6-10-23(11-7-17)35(39)40)15-32-34-27(37)18-2-1-3-22(13-18)33-26(36)16-4-8-21(31)9-5-16/h1-15H,(H,33,36)(H,34,37). The van der Waals surface area contributed by atoms with E-state index in [1.165, 1.54) is 36.5 Å². The predicted molar refractivity (Wildman–Crippen MR) is 161 cm³/mol. The minimum atomic E-state index is -0.751. The minimum Gasteiger partial charge on any atom is -0.421 e. The molecular formula is C28H17Br2ClN4O6. The third-order valence-electron chi connectivity index (χ3n) is 5.40. The number of esters is 1. The molecule has 0 saturated carbocycles. The van der Waals surface area contributed by atoms with E-state index in [9.17, 15) is 24.5 Å². The van der Waals surface area contributed by atoms with Crippen molar-refractivity contribution in [3.63, 3.8) is 0 Å². The molecule has 0 saturated heterocycles. The minimum absolute atomic E-state index is 0.102. The van der Waals surface area contributed by atoms with Crippen LogP contribution in [0, 0.1) is 10.1 Å². The summed E-state index contributed by atoms with van der Waals surface area (Å²) in [6.45, 7) is 0. The summed E-state index contributed by atoms with van der Waals surface area (Å²) in [6, 6.07) is 20.9. The maximum atomic E-state index is 12.7. The Morgan fingerprint density at radius 1 is 0.878 bits per heavy atom. The number of nitrogens with zero attached hydrogens (tertiary/aromatic N) is 2. The molecule has 10 nitrogen and oxygen atoms in total. The second-order valence-corrected chi connectivity index (χ2v) is 10.4. The maximum absolute atomic E-state index is 12.7. The van der Waals surface area contributed by atoms with Crippen molar-refractivity contribution in [1.29, 1.82) is 0 Å². The number of non-ortho nitro benzene ring substituents is 1. The molecule has 0 radical (unpaired) electrons. The van der Waals surface area contributed by atoms with Crippen molar-refractivity contribution in [2.45, 2.75) is 0 Å². The lowest BCUT2D eigenvalue weighted by Gasteiger charge is -2.11. The van der Waals surface area contributed by atoms with Gasteiger partial charge in [-0.05, 0) is 82.7 Å². The number of hydrazone groups is 1. The van der Waals surface area contributed by atoms with Crippen molar-refractivity contribution in [1.82, 2.24) is 5.43 Å². The fraction of sp³-hybridized carbons (Fsp3) is 0. The highest BCUT2D eigenvalue weighted by Crippen LogP contribution is 2.33. The number of nitro benzene ring substituents is 1. The Balaban J connectivity index is 1.45. The van der Waals surface area contributed by atoms with Gasteiger partial charge in [-0.25, -0.2) is 10.2 Å². The van der Waals surface area contributed by atoms with Gasteiger partial charge in [-0.1, -0.05) is 33.6 Å². The van der Waals surface area contributed by atoms with Crippen LogP contribution in [-0.2, 0) is 0 Å². The van der Waals surface area contributed by atoms with Gasteiger partial charge in [0, 0.05) is 44.0 Å². The molecule has 0 aliphatic heterocycles. The molecule has 0 atom stereocenters. The molecule has 206 valence electrons. The van der Waals surface area contributed by atoms with Gasteiger partial charge in [0.05, 0.1) is 21.2 Å². The Morgan fingerprint density at radius 2 is 1.56 bits per heavy atom. The first kappa shape index (κ1) is 29.6. The first-order chi connectivity index (χ1) is 19.6. The van der Waals surface area contributed by atoms with E-state index >= 15 is 0 Å². The van der Waals surface area contributed by atoms with Crippen molar-refractivity contribution < 1.29 is 24.0 Å². The second-order valence-electron chi connectivity index (χ2n) is 8.24. The summed E-state index contributed by atoms with van der Waals surface area (Å²) in [6.07, 6.45) is 1.29. The first-order valence-corrected chi connectivity index (χ1v) is 13.5. The normalized spacial score (nSPS) is 10.7. The van der Waals surface area contributed by atoms with Crippen LogP contribution in [0.1, 0.15) is 36.6 Å². The number of carbonyl (C=O) groups is 3. The lowest BCUT2D eigenvalue weighted by Crippen LogP contribution is -2.18. The average molecular weight is 701 g/mol. The fourth-order valence-corrected chi connectivity index (χ4v) is 4.89. The molecule has 0 aliphatic rings. The number of nitro groups is 1. The molecule has 0 aromatic heterocycles. The first-order valence-electron chi connectivity index (χ1n) is 11.6. The molecule has 0 aliphatic carbocycles. The van der Waals surface area contributed by atoms with Gasteiger partial charge in [-0.3, -0.25) is 19.7 Å². The Morgan fingerprint density at radius 3 is 2.24 bits per heavy atom. The van der Waals surface area contributed by atoms with E-state index in [1.54, 1.807) is 54.6 Å². The zero-order chi connectivity index (χ0) is 29.5. The lowest BCUT2D eigenvalue weighted by molar-refractivity contribution is -0.384. The molecular weight excluding hydrogens is 684 g/mol. The van der Waals surface area contributed by atoms with E-state index in [-0.39, 0.29) is 28.5 Å². The molecule has 41 heavy (non-hydrogen) atoms. The Kier molecular flexibility index (Phi) is 9.61. The number of nitrogens with one attached hydrogen (secondary N) is 2. The van der Waals surface area contributed by atoms with E-state index in [2.05, 4.69) is 47.7 Å². The Bertz CT molecular complexity index is 1680. The Labute approximate surface area is 254 Å². The van der Waals surface area contributed by atoms with Crippen molar-refractivity contribution in [2.75, 3.05) is 5.32 Å². The van der Waals surface area contributed by atoms with Crippen LogP contribution in [0.15, 0.2) is 99.0 Å². The monoisotopic (exact) mass is 698 g/mol. The summed E-state index contributed by atoms with van der Waals surface area (Å²) in [4.78, 5) is 48.2. The van der Waals surface area contributed by atoms with E-state index in [1.807, 2.05) is 0 Å². The van der Waals surface area contributed by atoms with Crippen LogP contribution >= 0.6 is 43.5 Å². The summed E-state index contributed by atoms with van der Waals surface area (Å²) >= 11 is 12.6. The van der Waals surface area contributed by atoms with Gasteiger partial charge in [0.2, 0.25) is 0 Å². The number of anilines is 1. The number of ether oxygens (including phenoxy) is 1. The van der Waals surface area contributed by atoms with E-state index in [0.717, 1.165) is 0 Å². The topological polar surface area (TPSA) is 140 Å². The van der Waals surface area contributed by atoms with Crippen molar-refractivity contribution in [3.05, 3.63) is 131 Å². The molecule has 0 heterocycles. The fourth-order valence-electron chi connectivity index (χ4n) is 3.42. The highest BCUT2D eigenvalue weighted by atomic mass is 79.9. The van der Waals surface area contributed by atoms with Gasteiger partial charge in [0.15, 0.2) is 5.75 Å². The summed E-state index contributed by atoms with van der Waals surface area (Å²) in [5, 5.41) is 18.1. The van der Waals surface area contributed by atoms with Gasteiger partial charge in [0.25, 0.3) is 17.5 Å². The number of hydrogen-bond acceptors (Lipinski definition) is 7. The number of benzene rings is 4. The highest BCUT2D eigenvalue weighted by Gasteiger charge is 2.17. The molecule has 0 bridgehead atoms. The molecule has 0 fully saturated rings. The molecule has 13 heteroatoms. The van der Waals surface area contributed by atoms with Crippen LogP contribution in [0.3, 0.4) is 0 Å². The third kappa shape index (κ3) is 7.84. The maximum Gasteiger partial charge on any atom is 0.343 e. The predicted octanol–water partition coefficient (Wildman–Crippen LogP) is 7.01. The van der Waals surface area contributed by atoms with Gasteiger partial charge in [0.1, 0.15) is 0 Å². The van der Waals surface area contributed by atoms with Crippen LogP contribution in [0.4, 0.5) is 11.4 Å². The molecule has 4 aromatic rings. The number of amides is 2. The largest absolute Gasteiger partial charge is 0.421 e. The van der Waals surface area contributed by atoms with Crippen LogP contribution in [0.25, 0.3) is 0 Å². The van der Waals surface area contributed by atoms with E-state index < -0.39 is 16.8 Å².